The summed E-state index contributed by atoms with van der Waals surface area (Å²) in [5, 5.41) is 0. The Morgan fingerprint density at radius 2 is 1.84 bits per heavy atom. The molecule has 0 bridgehead atoms. The van der Waals surface area contributed by atoms with E-state index in [0.29, 0.717) is 19.1 Å². The lowest BCUT2D eigenvalue weighted by Gasteiger charge is -2.44. The molecule has 1 atom stereocenters. The number of hydrogen-bond acceptors (Lipinski definition) is 5. The van der Waals surface area contributed by atoms with Crippen molar-refractivity contribution in [3.05, 3.63) is 35.9 Å². The van der Waals surface area contributed by atoms with Crippen LogP contribution >= 0.6 is 11.8 Å². The summed E-state index contributed by atoms with van der Waals surface area (Å²) in [4.78, 5) is 35.2. The molecule has 3 aliphatic heterocycles. The molecule has 3 saturated heterocycles. The van der Waals surface area contributed by atoms with Crippen molar-refractivity contribution >= 4 is 23.7 Å². The number of likely N-dealkylation sites (tertiary alicyclic amines) is 1. The topological polar surface area (TPSA) is 47.1 Å². The van der Waals surface area contributed by atoms with Gasteiger partial charge in [0.15, 0.2) is 0 Å². The van der Waals surface area contributed by atoms with Crippen molar-refractivity contribution in [1.82, 2.24) is 19.6 Å². The van der Waals surface area contributed by atoms with E-state index in [2.05, 4.69) is 21.9 Å². The van der Waals surface area contributed by atoms with Gasteiger partial charge in [-0.1, -0.05) is 30.3 Å². The van der Waals surface area contributed by atoms with E-state index in [1.807, 2.05) is 49.0 Å². The highest BCUT2D eigenvalue weighted by Gasteiger charge is 2.57. The summed E-state index contributed by atoms with van der Waals surface area (Å²) < 4.78 is 0. The summed E-state index contributed by atoms with van der Waals surface area (Å²) in [6.45, 7) is 3.83. The predicted molar refractivity (Wildman–Crippen MR) is 126 cm³/mol. The first-order valence-corrected chi connectivity index (χ1v) is 12.8. The molecule has 1 aromatic carbocycles. The van der Waals surface area contributed by atoms with Crippen molar-refractivity contribution in [1.29, 1.82) is 0 Å². The van der Waals surface area contributed by atoms with Crippen LogP contribution in [0.25, 0.3) is 0 Å². The summed E-state index contributed by atoms with van der Waals surface area (Å²) in [5.74, 6) is 2.49. The summed E-state index contributed by atoms with van der Waals surface area (Å²) >= 11 is 2.03. The molecule has 6 nitrogen and oxygen atoms in total. The largest absolute Gasteiger partial charge is 0.327 e. The van der Waals surface area contributed by atoms with E-state index in [-0.39, 0.29) is 11.9 Å². The van der Waals surface area contributed by atoms with Gasteiger partial charge in [-0.05, 0) is 64.1 Å². The molecule has 0 N–H and O–H groups in total. The van der Waals surface area contributed by atoms with Crippen molar-refractivity contribution in [3.8, 4) is 0 Å². The van der Waals surface area contributed by atoms with E-state index in [1.54, 1.807) is 4.90 Å². The molecule has 0 radical (unpaired) electrons. The zero-order valence-electron chi connectivity index (χ0n) is 19.0. The quantitative estimate of drug-likeness (QED) is 0.577. The van der Waals surface area contributed by atoms with Gasteiger partial charge in [0.2, 0.25) is 0 Å². The minimum absolute atomic E-state index is 0.0461. The van der Waals surface area contributed by atoms with Gasteiger partial charge in [0, 0.05) is 38.0 Å². The first kappa shape index (κ1) is 22.6. The highest BCUT2D eigenvalue weighted by molar-refractivity contribution is 7.99. The zero-order chi connectivity index (χ0) is 21.8. The Hall–Kier alpha value is -1.57. The van der Waals surface area contributed by atoms with Crippen LogP contribution in [-0.4, -0.2) is 101 Å². The number of imide groups is 1. The number of hydrogen-bond donors (Lipinski definition) is 0. The Labute approximate surface area is 190 Å². The Morgan fingerprint density at radius 3 is 2.48 bits per heavy atom. The third kappa shape index (κ3) is 4.78. The molecule has 0 unspecified atom stereocenters. The van der Waals surface area contributed by atoms with Gasteiger partial charge in [-0.25, -0.2) is 4.79 Å². The smallest absolute Gasteiger partial charge is 0.309 e. The molecule has 0 aliphatic carbocycles. The van der Waals surface area contributed by atoms with Crippen molar-refractivity contribution < 1.29 is 9.59 Å². The van der Waals surface area contributed by atoms with Crippen LogP contribution in [-0.2, 0) is 11.2 Å². The highest BCUT2D eigenvalue weighted by Crippen LogP contribution is 2.39. The summed E-state index contributed by atoms with van der Waals surface area (Å²) in [6.07, 6.45) is 4.38. The normalized spacial score (nSPS) is 24.2. The van der Waals surface area contributed by atoms with Crippen LogP contribution in [0.2, 0.25) is 0 Å². The average Bonchev–Trinajstić information content (AvgIpc) is 3.37. The summed E-state index contributed by atoms with van der Waals surface area (Å²) in [6, 6.07) is 10.8. The van der Waals surface area contributed by atoms with Crippen molar-refractivity contribution in [2.24, 2.45) is 0 Å². The van der Waals surface area contributed by atoms with Gasteiger partial charge < -0.3 is 9.80 Å². The molecule has 7 heteroatoms. The lowest BCUT2D eigenvalue weighted by molar-refractivity contribution is -0.136. The maximum Gasteiger partial charge on any atom is 0.327 e. The first-order valence-electron chi connectivity index (χ1n) is 11.7. The third-order valence-corrected chi connectivity index (χ3v) is 8.27. The lowest BCUT2D eigenvalue weighted by Crippen LogP contribution is -2.58. The number of urea groups is 1. The van der Waals surface area contributed by atoms with Crippen molar-refractivity contribution in [3.63, 3.8) is 0 Å². The van der Waals surface area contributed by atoms with Gasteiger partial charge in [0.25, 0.3) is 5.91 Å². The standard InChI is InChI=1S/C24H36N4O2S/c1-25(2)13-6-14-27-22(29)24(11-16-26(17-12-24)21-10-18-31-19-21)28(23(27)30)15-9-20-7-4-3-5-8-20/h3-5,7-8,21H,6,9-19H2,1-2H3/t21-/m1/s1. The Balaban J connectivity index is 1.49. The van der Waals surface area contributed by atoms with Crippen LogP contribution in [0.1, 0.15) is 31.2 Å². The number of benzene rings is 1. The number of amides is 3. The molecule has 0 saturated carbocycles. The van der Waals surface area contributed by atoms with E-state index in [4.69, 9.17) is 0 Å². The van der Waals surface area contributed by atoms with Crippen molar-refractivity contribution in [2.75, 3.05) is 58.3 Å². The lowest BCUT2D eigenvalue weighted by atomic mass is 9.85. The Morgan fingerprint density at radius 1 is 1.10 bits per heavy atom. The second-order valence-corrected chi connectivity index (χ2v) is 10.5. The number of carbonyl (C=O) groups is 2. The van der Waals surface area contributed by atoms with Crippen molar-refractivity contribution in [2.45, 2.75) is 43.7 Å². The van der Waals surface area contributed by atoms with Gasteiger partial charge >= 0.3 is 6.03 Å². The van der Waals surface area contributed by atoms with Crippen LogP contribution in [0.5, 0.6) is 0 Å². The second-order valence-electron chi connectivity index (χ2n) is 9.37. The molecule has 4 rings (SSSR count). The third-order valence-electron chi connectivity index (χ3n) is 7.12. The van der Waals surface area contributed by atoms with E-state index >= 15 is 0 Å². The highest BCUT2D eigenvalue weighted by atomic mass is 32.2. The number of rotatable bonds is 8. The van der Waals surface area contributed by atoms with Gasteiger partial charge in [0.1, 0.15) is 5.54 Å². The molecule has 0 aromatic heterocycles. The number of nitrogens with zero attached hydrogens (tertiary/aromatic N) is 4. The SMILES string of the molecule is CN(C)CCCN1C(=O)N(CCc2ccccc2)C2(CCN([C@@H]3CCSC3)CC2)C1=O. The molecule has 3 heterocycles. The summed E-state index contributed by atoms with van der Waals surface area (Å²) in [5.41, 5.74) is 0.566. The van der Waals surface area contributed by atoms with Crippen LogP contribution in [0.3, 0.4) is 0 Å². The molecular weight excluding hydrogens is 408 g/mol. The molecule has 1 spiro atoms. The number of carbonyl (C=O) groups excluding carboxylic acids is 2. The zero-order valence-corrected chi connectivity index (χ0v) is 19.8. The van der Waals surface area contributed by atoms with Crippen LogP contribution in [0.4, 0.5) is 4.79 Å². The fourth-order valence-electron chi connectivity index (χ4n) is 5.27. The van der Waals surface area contributed by atoms with Crippen LogP contribution in [0, 0.1) is 0 Å². The predicted octanol–water partition coefficient (Wildman–Crippen LogP) is 2.79. The van der Waals surface area contributed by atoms with E-state index in [0.717, 1.165) is 45.3 Å². The second kappa shape index (κ2) is 9.92. The maximum atomic E-state index is 13.6. The molecular formula is C24H36N4O2S. The van der Waals surface area contributed by atoms with Gasteiger partial charge in [-0.15, -0.1) is 0 Å². The molecule has 3 aliphatic rings. The monoisotopic (exact) mass is 444 g/mol. The Bertz CT molecular complexity index is 758. The average molecular weight is 445 g/mol. The molecule has 3 fully saturated rings. The molecule has 31 heavy (non-hydrogen) atoms. The molecule has 3 amide bonds. The van der Waals surface area contributed by atoms with Gasteiger partial charge in [-0.3, -0.25) is 14.6 Å². The number of thioether (sulfide) groups is 1. The van der Waals surface area contributed by atoms with E-state index in [9.17, 15) is 9.59 Å². The van der Waals surface area contributed by atoms with Crippen LogP contribution < -0.4 is 0 Å². The fraction of sp³-hybridized carbons (Fsp3) is 0.667. The molecule has 170 valence electrons. The first-order chi connectivity index (χ1) is 15.0. The van der Waals surface area contributed by atoms with E-state index < -0.39 is 5.54 Å². The van der Waals surface area contributed by atoms with Gasteiger partial charge in [-0.2, -0.15) is 11.8 Å². The van der Waals surface area contributed by atoms with E-state index in [1.165, 1.54) is 23.5 Å². The minimum atomic E-state index is -0.647. The number of piperidine rings is 1. The fourth-order valence-corrected chi connectivity index (χ4v) is 6.53. The van der Waals surface area contributed by atoms with Gasteiger partial charge in [0.05, 0.1) is 0 Å². The molecule has 1 aromatic rings. The minimum Gasteiger partial charge on any atom is -0.309 e. The Kier molecular flexibility index (Phi) is 7.24. The maximum absolute atomic E-state index is 13.6. The summed E-state index contributed by atoms with van der Waals surface area (Å²) in [7, 11) is 4.05. The van der Waals surface area contributed by atoms with Crippen LogP contribution in [0.15, 0.2) is 30.3 Å².